The van der Waals surface area contributed by atoms with Gasteiger partial charge in [-0.2, -0.15) is 0 Å². The molecule has 0 aromatic heterocycles. The number of hydrogen-bond acceptors (Lipinski definition) is 2. The minimum absolute atomic E-state index is 0.0421. The van der Waals surface area contributed by atoms with Crippen LogP contribution in [0, 0.1) is 12.7 Å². The first-order valence-electron chi connectivity index (χ1n) is 7.24. The second kappa shape index (κ2) is 7.59. The molecule has 0 aliphatic carbocycles. The Morgan fingerprint density at radius 1 is 1.23 bits per heavy atom. The number of methoxy groups -OCH3 is 1. The molecule has 0 fully saturated rings. The molecule has 0 aliphatic heterocycles. The Morgan fingerprint density at radius 3 is 2.68 bits per heavy atom. The molecule has 0 heterocycles. The smallest absolute Gasteiger partial charge is 0.220 e. The van der Waals surface area contributed by atoms with E-state index in [0.717, 1.165) is 16.7 Å². The SMILES string of the molecule is COc1ccc(CCC(=O)NCc2ccccc2C)cc1F. The van der Waals surface area contributed by atoms with Crippen LogP contribution in [0.1, 0.15) is 23.1 Å². The second-order valence-corrected chi connectivity index (χ2v) is 5.17. The van der Waals surface area contributed by atoms with Gasteiger partial charge >= 0.3 is 0 Å². The number of ether oxygens (including phenoxy) is 1. The molecule has 3 nitrogen and oxygen atoms in total. The molecule has 1 N–H and O–H groups in total. The first-order valence-corrected chi connectivity index (χ1v) is 7.24. The molecule has 0 saturated carbocycles. The van der Waals surface area contributed by atoms with Gasteiger partial charge in [-0.25, -0.2) is 4.39 Å². The Kier molecular flexibility index (Phi) is 5.53. The quantitative estimate of drug-likeness (QED) is 0.888. The highest BCUT2D eigenvalue weighted by atomic mass is 19.1. The van der Waals surface area contributed by atoms with Crippen molar-refractivity contribution in [2.45, 2.75) is 26.3 Å². The number of hydrogen-bond donors (Lipinski definition) is 1. The van der Waals surface area contributed by atoms with E-state index in [1.54, 1.807) is 12.1 Å². The third-order valence-electron chi connectivity index (χ3n) is 3.59. The summed E-state index contributed by atoms with van der Waals surface area (Å²) in [5, 5.41) is 2.89. The fourth-order valence-electron chi connectivity index (χ4n) is 2.21. The molecule has 0 unspecified atom stereocenters. The number of carbonyl (C=O) groups is 1. The van der Waals surface area contributed by atoms with Crippen LogP contribution in [0.15, 0.2) is 42.5 Å². The summed E-state index contributed by atoms with van der Waals surface area (Å²) in [5.74, 6) is -0.229. The monoisotopic (exact) mass is 301 g/mol. The summed E-state index contributed by atoms with van der Waals surface area (Å²) < 4.78 is 18.4. The minimum Gasteiger partial charge on any atom is -0.494 e. The first kappa shape index (κ1) is 16.0. The zero-order chi connectivity index (χ0) is 15.9. The van der Waals surface area contributed by atoms with Crippen molar-refractivity contribution >= 4 is 5.91 Å². The molecular weight excluding hydrogens is 281 g/mol. The highest BCUT2D eigenvalue weighted by Gasteiger charge is 2.07. The maximum Gasteiger partial charge on any atom is 0.220 e. The number of carbonyl (C=O) groups excluding carboxylic acids is 1. The molecular formula is C18H20FNO2. The molecule has 0 spiro atoms. The van der Waals surface area contributed by atoms with Gasteiger partial charge in [0.25, 0.3) is 0 Å². The van der Waals surface area contributed by atoms with Crippen molar-refractivity contribution in [3.05, 3.63) is 65.0 Å². The molecule has 0 bridgehead atoms. The molecule has 116 valence electrons. The van der Waals surface area contributed by atoms with Crippen LogP contribution in [0.5, 0.6) is 5.75 Å². The molecule has 0 radical (unpaired) electrons. The van der Waals surface area contributed by atoms with E-state index < -0.39 is 5.82 Å². The van der Waals surface area contributed by atoms with Crippen LogP contribution in [0.4, 0.5) is 4.39 Å². The topological polar surface area (TPSA) is 38.3 Å². The van der Waals surface area contributed by atoms with E-state index in [-0.39, 0.29) is 11.7 Å². The van der Waals surface area contributed by atoms with Gasteiger partial charge in [-0.3, -0.25) is 4.79 Å². The van der Waals surface area contributed by atoms with E-state index in [4.69, 9.17) is 4.74 Å². The van der Waals surface area contributed by atoms with Crippen LogP contribution in [0.25, 0.3) is 0 Å². The summed E-state index contributed by atoms with van der Waals surface area (Å²) in [6.07, 6.45) is 0.832. The Balaban J connectivity index is 1.83. The van der Waals surface area contributed by atoms with Crippen LogP contribution in [0.3, 0.4) is 0 Å². The van der Waals surface area contributed by atoms with Gasteiger partial charge in [0.2, 0.25) is 5.91 Å². The number of rotatable bonds is 6. The maximum atomic E-state index is 13.6. The average Bonchev–Trinajstić information content (AvgIpc) is 2.52. The van der Waals surface area contributed by atoms with Crippen LogP contribution < -0.4 is 10.1 Å². The van der Waals surface area contributed by atoms with Crippen molar-refractivity contribution in [2.24, 2.45) is 0 Å². The summed E-state index contributed by atoms with van der Waals surface area (Å²) in [4.78, 5) is 11.9. The van der Waals surface area contributed by atoms with Crippen molar-refractivity contribution in [1.82, 2.24) is 5.32 Å². The first-order chi connectivity index (χ1) is 10.6. The normalized spacial score (nSPS) is 10.3. The number of nitrogens with one attached hydrogen (secondary N) is 1. The molecule has 4 heteroatoms. The average molecular weight is 301 g/mol. The van der Waals surface area contributed by atoms with Gasteiger partial charge in [0.15, 0.2) is 11.6 Å². The Labute approximate surface area is 130 Å². The minimum atomic E-state index is -0.402. The van der Waals surface area contributed by atoms with E-state index in [9.17, 15) is 9.18 Å². The predicted molar refractivity (Wildman–Crippen MR) is 84.3 cm³/mol. The van der Waals surface area contributed by atoms with Gasteiger partial charge in [0.05, 0.1) is 7.11 Å². The van der Waals surface area contributed by atoms with E-state index in [1.165, 1.54) is 13.2 Å². The van der Waals surface area contributed by atoms with Crippen molar-refractivity contribution < 1.29 is 13.9 Å². The molecule has 0 atom stereocenters. The van der Waals surface area contributed by atoms with Crippen molar-refractivity contribution in [3.8, 4) is 5.75 Å². The lowest BCUT2D eigenvalue weighted by molar-refractivity contribution is -0.121. The Bertz CT molecular complexity index is 655. The zero-order valence-corrected chi connectivity index (χ0v) is 12.9. The summed E-state index contributed by atoms with van der Waals surface area (Å²) >= 11 is 0. The molecule has 0 saturated heterocycles. The number of halogens is 1. The summed E-state index contributed by atoms with van der Waals surface area (Å²) in [6, 6.07) is 12.7. The van der Waals surface area contributed by atoms with Crippen LogP contribution >= 0.6 is 0 Å². The standard InChI is InChI=1S/C18H20FNO2/c1-13-5-3-4-6-15(13)12-20-18(21)10-8-14-7-9-17(22-2)16(19)11-14/h3-7,9,11H,8,10,12H2,1-2H3,(H,20,21). The molecule has 1 amide bonds. The molecule has 2 aromatic rings. The van der Waals surface area contributed by atoms with Crippen LogP contribution in [-0.2, 0) is 17.8 Å². The second-order valence-electron chi connectivity index (χ2n) is 5.17. The Morgan fingerprint density at radius 2 is 2.00 bits per heavy atom. The maximum absolute atomic E-state index is 13.6. The van der Waals surface area contributed by atoms with E-state index in [0.29, 0.717) is 19.4 Å². The summed E-state index contributed by atoms with van der Waals surface area (Å²) in [6.45, 7) is 2.53. The Hall–Kier alpha value is -2.36. The lowest BCUT2D eigenvalue weighted by Crippen LogP contribution is -2.23. The third-order valence-corrected chi connectivity index (χ3v) is 3.59. The van der Waals surface area contributed by atoms with Crippen molar-refractivity contribution in [1.29, 1.82) is 0 Å². The fourth-order valence-corrected chi connectivity index (χ4v) is 2.21. The molecule has 2 rings (SSSR count). The van der Waals surface area contributed by atoms with Crippen LogP contribution in [0.2, 0.25) is 0 Å². The molecule has 22 heavy (non-hydrogen) atoms. The van der Waals surface area contributed by atoms with Gasteiger partial charge < -0.3 is 10.1 Å². The summed E-state index contributed by atoms with van der Waals surface area (Å²) in [7, 11) is 1.43. The fraction of sp³-hybridized carbons (Fsp3) is 0.278. The zero-order valence-electron chi connectivity index (χ0n) is 12.9. The van der Waals surface area contributed by atoms with Gasteiger partial charge in [-0.05, 0) is 42.2 Å². The highest BCUT2D eigenvalue weighted by molar-refractivity contribution is 5.76. The largest absolute Gasteiger partial charge is 0.494 e. The number of benzene rings is 2. The van der Waals surface area contributed by atoms with Gasteiger partial charge in [-0.15, -0.1) is 0 Å². The van der Waals surface area contributed by atoms with Gasteiger partial charge in [-0.1, -0.05) is 30.3 Å². The lowest BCUT2D eigenvalue weighted by Gasteiger charge is -2.08. The number of aryl methyl sites for hydroxylation is 2. The van der Waals surface area contributed by atoms with E-state index >= 15 is 0 Å². The summed E-state index contributed by atoms with van der Waals surface area (Å²) in [5.41, 5.74) is 3.04. The van der Waals surface area contributed by atoms with Crippen molar-refractivity contribution in [2.75, 3.05) is 7.11 Å². The molecule has 0 aliphatic rings. The van der Waals surface area contributed by atoms with Crippen LogP contribution in [-0.4, -0.2) is 13.0 Å². The van der Waals surface area contributed by atoms with Crippen molar-refractivity contribution in [3.63, 3.8) is 0 Å². The van der Waals surface area contributed by atoms with Gasteiger partial charge in [0.1, 0.15) is 0 Å². The van der Waals surface area contributed by atoms with E-state index in [2.05, 4.69) is 5.32 Å². The van der Waals surface area contributed by atoms with E-state index in [1.807, 2.05) is 31.2 Å². The number of amides is 1. The highest BCUT2D eigenvalue weighted by Crippen LogP contribution is 2.18. The molecule has 2 aromatic carbocycles. The predicted octanol–water partition coefficient (Wildman–Crippen LogP) is 3.39. The lowest BCUT2D eigenvalue weighted by atomic mass is 10.1. The van der Waals surface area contributed by atoms with Gasteiger partial charge in [0, 0.05) is 13.0 Å². The third kappa shape index (κ3) is 4.32.